The lowest BCUT2D eigenvalue weighted by molar-refractivity contribution is -0.119. The van der Waals surface area contributed by atoms with Gasteiger partial charge >= 0.3 is 5.97 Å². The van der Waals surface area contributed by atoms with E-state index in [1.54, 1.807) is 24.6 Å². The van der Waals surface area contributed by atoms with Crippen LogP contribution in [-0.4, -0.2) is 58.0 Å². The van der Waals surface area contributed by atoms with E-state index in [2.05, 4.69) is 15.6 Å². The predicted octanol–water partition coefficient (Wildman–Crippen LogP) is 3.56. The third-order valence-electron chi connectivity index (χ3n) is 6.44. The molecule has 3 heterocycles. The first-order valence-corrected chi connectivity index (χ1v) is 11.6. The number of fused-ring (bicyclic) bond motifs is 1. The number of nitrogens with zero attached hydrogens (tertiary/aromatic N) is 2. The molecule has 1 fully saturated rings. The van der Waals surface area contributed by atoms with Crippen molar-refractivity contribution in [1.82, 2.24) is 9.55 Å². The lowest BCUT2D eigenvalue weighted by Gasteiger charge is -2.27. The Bertz CT molecular complexity index is 1000. The molecule has 1 amide bonds. The van der Waals surface area contributed by atoms with Crippen LogP contribution < -0.4 is 10.6 Å². The van der Waals surface area contributed by atoms with Crippen LogP contribution in [0.3, 0.4) is 0 Å². The molecule has 2 aromatic heterocycles. The van der Waals surface area contributed by atoms with E-state index in [1.165, 1.54) is 7.11 Å². The fourth-order valence-electron chi connectivity index (χ4n) is 3.77. The zero-order valence-corrected chi connectivity index (χ0v) is 20.4. The summed E-state index contributed by atoms with van der Waals surface area (Å²) in [5.41, 5.74) is 0.909. The predicted molar refractivity (Wildman–Crippen MR) is 128 cm³/mol. The van der Waals surface area contributed by atoms with E-state index in [1.807, 2.05) is 26.8 Å². The monoisotopic (exact) mass is 460 g/mol. The number of carbonyl (C=O) groups excluding carboxylic acids is 2. The highest BCUT2D eigenvalue weighted by atomic mass is 16.5. The van der Waals surface area contributed by atoms with Gasteiger partial charge in [-0.3, -0.25) is 4.79 Å². The normalized spacial score (nSPS) is 18.2. The standard InChI is InChI=1S/C24H36N4O5/c1-7-14(2)22(29)27-19-18-11-16(26-15(3)24(4,5)31)12-25-21(18)28(20(19)23(30)32-6)13-17-9-8-10-33-17/h11-12,14-15,17,26,31H,7-10,13H2,1-6H3,(H,27,29)/t14-,15-,17+/m0/s1. The van der Waals surface area contributed by atoms with Crippen molar-refractivity contribution in [3.05, 3.63) is 18.0 Å². The van der Waals surface area contributed by atoms with Gasteiger partial charge < -0.3 is 29.8 Å². The Hall–Kier alpha value is -2.65. The zero-order valence-electron chi connectivity index (χ0n) is 20.4. The Labute approximate surface area is 194 Å². The van der Waals surface area contributed by atoms with E-state index in [0.29, 0.717) is 42.0 Å². The van der Waals surface area contributed by atoms with Gasteiger partial charge in [-0.25, -0.2) is 9.78 Å². The number of aliphatic hydroxyl groups is 1. The maximum atomic E-state index is 12.9. The van der Waals surface area contributed by atoms with Crippen molar-refractivity contribution in [2.75, 3.05) is 24.4 Å². The van der Waals surface area contributed by atoms with E-state index in [-0.39, 0.29) is 29.7 Å². The molecule has 0 saturated carbocycles. The average Bonchev–Trinajstić information content (AvgIpc) is 3.38. The van der Waals surface area contributed by atoms with Crippen LogP contribution in [0.15, 0.2) is 12.3 Å². The van der Waals surface area contributed by atoms with Crippen molar-refractivity contribution in [1.29, 1.82) is 0 Å². The largest absolute Gasteiger partial charge is 0.464 e. The molecular weight excluding hydrogens is 424 g/mol. The summed E-state index contributed by atoms with van der Waals surface area (Å²) in [5, 5.41) is 17.2. The molecule has 182 valence electrons. The number of carbonyl (C=O) groups is 2. The van der Waals surface area contributed by atoms with Crippen LogP contribution in [-0.2, 0) is 20.8 Å². The number of ether oxygens (including phenoxy) is 2. The molecule has 33 heavy (non-hydrogen) atoms. The zero-order chi connectivity index (χ0) is 24.3. The first kappa shape index (κ1) is 25.0. The smallest absolute Gasteiger partial charge is 0.356 e. The molecule has 1 aliphatic heterocycles. The van der Waals surface area contributed by atoms with Crippen molar-refractivity contribution >= 4 is 34.3 Å². The van der Waals surface area contributed by atoms with Crippen LogP contribution in [0.2, 0.25) is 0 Å². The molecule has 3 rings (SSSR count). The Morgan fingerprint density at radius 3 is 2.70 bits per heavy atom. The second-order valence-electron chi connectivity index (χ2n) is 9.37. The average molecular weight is 461 g/mol. The van der Waals surface area contributed by atoms with E-state index in [9.17, 15) is 14.7 Å². The first-order chi connectivity index (χ1) is 15.6. The maximum Gasteiger partial charge on any atom is 0.356 e. The third-order valence-corrected chi connectivity index (χ3v) is 6.44. The summed E-state index contributed by atoms with van der Waals surface area (Å²) in [7, 11) is 1.32. The number of pyridine rings is 1. The molecule has 3 atom stereocenters. The minimum atomic E-state index is -0.953. The van der Waals surface area contributed by atoms with Crippen molar-refractivity contribution in [2.45, 2.75) is 78.2 Å². The molecule has 0 spiro atoms. The highest BCUT2D eigenvalue weighted by molar-refractivity contribution is 6.11. The van der Waals surface area contributed by atoms with Gasteiger partial charge in [0.25, 0.3) is 0 Å². The number of nitrogens with one attached hydrogen (secondary N) is 2. The van der Waals surface area contributed by atoms with Gasteiger partial charge in [0.05, 0.1) is 49.0 Å². The minimum Gasteiger partial charge on any atom is -0.464 e. The highest BCUT2D eigenvalue weighted by Gasteiger charge is 2.30. The summed E-state index contributed by atoms with van der Waals surface area (Å²) in [6.45, 7) is 10.2. The quantitative estimate of drug-likeness (QED) is 0.490. The SMILES string of the molecule is CC[C@H](C)C(=O)Nc1c(C(=O)OC)n(C[C@H]2CCCO2)c2ncc(N[C@@H](C)C(C)(C)O)cc12. The summed E-state index contributed by atoms with van der Waals surface area (Å²) in [6, 6.07) is 1.58. The van der Waals surface area contributed by atoms with E-state index in [4.69, 9.17) is 9.47 Å². The molecule has 0 aromatic carbocycles. The lowest BCUT2D eigenvalue weighted by atomic mass is 10.0. The Morgan fingerprint density at radius 2 is 2.12 bits per heavy atom. The summed E-state index contributed by atoms with van der Waals surface area (Å²) in [6.07, 6.45) is 4.14. The molecule has 0 radical (unpaired) electrons. The molecule has 2 aromatic rings. The number of anilines is 2. The van der Waals surface area contributed by atoms with Crippen molar-refractivity contribution in [2.24, 2.45) is 5.92 Å². The summed E-state index contributed by atoms with van der Waals surface area (Å²) >= 11 is 0. The second kappa shape index (κ2) is 10.1. The Kier molecular flexibility index (Phi) is 7.64. The first-order valence-electron chi connectivity index (χ1n) is 11.6. The molecule has 0 unspecified atom stereocenters. The van der Waals surface area contributed by atoms with Crippen LogP contribution in [0.1, 0.15) is 64.4 Å². The molecule has 3 N–H and O–H groups in total. The molecule has 1 aliphatic rings. The van der Waals surface area contributed by atoms with Gasteiger partial charge in [0.2, 0.25) is 5.91 Å². The number of rotatable bonds is 9. The topological polar surface area (TPSA) is 115 Å². The molecular formula is C24H36N4O5. The number of amides is 1. The van der Waals surface area contributed by atoms with Gasteiger partial charge in [0.15, 0.2) is 5.69 Å². The second-order valence-corrected chi connectivity index (χ2v) is 9.37. The lowest BCUT2D eigenvalue weighted by Crippen LogP contribution is -2.39. The van der Waals surface area contributed by atoms with Crippen molar-refractivity contribution in [3.63, 3.8) is 0 Å². The van der Waals surface area contributed by atoms with Gasteiger partial charge in [-0.2, -0.15) is 0 Å². The van der Waals surface area contributed by atoms with E-state index in [0.717, 1.165) is 12.8 Å². The number of esters is 1. The van der Waals surface area contributed by atoms with Crippen LogP contribution in [0, 0.1) is 5.92 Å². The van der Waals surface area contributed by atoms with Crippen LogP contribution >= 0.6 is 0 Å². The summed E-state index contributed by atoms with van der Waals surface area (Å²) in [4.78, 5) is 30.4. The molecule has 0 bridgehead atoms. The summed E-state index contributed by atoms with van der Waals surface area (Å²) < 4.78 is 12.7. The van der Waals surface area contributed by atoms with Gasteiger partial charge in [-0.1, -0.05) is 13.8 Å². The van der Waals surface area contributed by atoms with E-state index >= 15 is 0 Å². The minimum absolute atomic E-state index is 0.0445. The van der Waals surface area contributed by atoms with Crippen molar-refractivity contribution in [3.8, 4) is 0 Å². The van der Waals surface area contributed by atoms with E-state index < -0.39 is 11.6 Å². The number of methoxy groups -OCH3 is 1. The highest BCUT2D eigenvalue weighted by Crippen LogP contribution is 2.34. The maximum absolute atomic E-state index is 12.9. The number of hydrogen-bond donors (Lipinski definition) is 3. The molecule has 9 nitrogen and oxygen atoms in total. The van der Waals surface area contributed by atoms with Crippen LogP contribution in [0.4, 0.5) is 11.4 Å². The molecule has 0 aliphatic carbocycles. The van der Waals surface area contributed by atoms with Gasteiger partial charge in [0.1, 0.15) is 5.65 Å². The summed E-state index contributed by atoms with van der Waals surface area (Å²) in [5.74, 6) is -0.955. The Balaban J connectivity index is 2.15. The van der Waals surface area contributed by atoms with Crippen molar-refractivity contribution < 1.29 is 24.2 Å². The molecule has 1 saturated heterocycles. The Morgan fingerprint density at radius 1 is 1.39 bits per heavy atom. The van der Waals surface area contributed by atoms with Gasteiger partial charge in [-0.15, -0.1) is 0 Å². The molecule has 9 heteroatoms. The number of aromatic nitrogens is 2. The van der Waals surface area contributed by atoms with Crippen LogP contribution in [0.25, 0.3) is 11.0 Å². The number of hydrogen-bond acceptors (Lipinski definition) is 7. The van der Waals surface area contributed by atoms with Gasteiger partial charge in [-0.05, 0) is 46.1 Å². The third kappa shape index (κ3) is 5.47. The fourth-order valence-corrected chi connectivity index (χ4v) is 3.77. The van der Waals surface area contributed by atoms with Crippen LogP contribution in [0.5, 0.6) is 0 Å². The fraction of sp³-hybridized carbons (Fsp3) is 0.625. The van der Waals surface area contributed by atoms with Gasteiger partial charge in [0, 0.05) is 17.9 Å².